The van der Waals surface area contributed by atoms with Crippen molar-refractivity contribution < 1.29 is 24.6 Å². The summed E-state index contributed by atoms with van der Waals surface area (Å²) in [6.45, 7) is 2.30. The molecule has 0 fully saturated rings. The van der Waals surface area contributed by atoms with Gasteiger partial charge in [-0.3, -0.25) is 9.59 Å². The molecule has 2 atom stereocenters. The largest absolute Gasteiger partial charge is 0.480 e. The van der Waals surface area contributed by atoms with E-state index in [2.05, 4.69) is 10.6 Å². The molecule has 104 valence electrons. The van der Waals surface area contributed by atoms with Crippen molar-refractivity contribution in [2.24, 2.45) is 11.7 Å². The lowest BCUT2D eigenvalue weighted by Crippen LogP contribution is -2.55. The minimum Gasteiger partial charge on any atom is -0.480 e. The minimum atomic E-state index is -1.21. The van der Waals surface area contributed by atoms with Crippen LogP contribution in [0.3, 0.4) is 0 Å². The second-order valence-corrected chi connectivity index (χ2v) is 4.08. The van der Waals surface area contributed by atoms with Crippen LogP contribution in [0.2, 0.25) is 0 Å². The van der Waals surface area contributed by atoms with E-state index >= 15 is 0 Å². The molecule has 0 aromatic carbocycles. The first kappa shape index (κ1) is 16.3. The Bertz CT molecular complexity index is 319. The van der Waals surface area contributed by atoms with Crippen LogP contribution in [0.15, 0.2) is 0 Å². The summed E-state index contributed by atoms with van der Waals surface area (Å²) in [6, 6.07) is -2.29. The first-order valence-corrected chi connectivity index (χ1v) is 5.46. The van der Waals surface area contributed by atoms with E-state index in [9.17, 15) is 14.4 Å². The number of hydrogen-bond acceptors (Lipinski definition) is 5. The van der Waals surface area contributed by atoms with Crippen molar-refractivity contribution in [2.45, 2.75) is 25.9 Å². The Kier molecular flexibility index (Phi) is 6.91. The lowest BCUT2D eigenvalue weighted by Gasteiger charge is -2.21. The van der Waals surface area contributed by atoms with Crippen molar-refractivity contribution in [2.75, 3.05) is 13.2 Å². The minimum absolute atomic E-state index is 0.323. The summed E-state index contributed by atoms with van der Waals surface area (Å²) in [7, 11) is 0. The van der Waals surface area contributed by atoms with Crippen LogP contribution in [0.4, 0.5) is 0 Å². The Hall–Kier alpha value is -1.67. The molecule has 0 bridgehead atoms. The van der Waals surface area contributed by atoms with E-state index in [4.69, 9.17) is 15.9 Å². The van der Waals surface area contributed by atoms with E-state index in [1.165, 1.54) is 0 Å². The lowest BCUT2D eigenvalue weighted by atomic mass is 10.0. The van der Waals surface area contributed by atoms with Crippen LogP contribution >= 0.6 is 0 Å². The predicted octanol–water partition coefficient (Wildman–Crippen LogP) is -2.35. The zero-order valence-corrected chi connectivity index (χ0v) is 10.3. The summed E-state index contributed by atoms with van der Waals surface area (Å²) in [6.07, 6.45) is 0. The number of hydrogen-bond donors (Lipinski definition) is 5. The Labute approximate surface area is 105 Å². The number of rotatable bonds is 7. The van der Waals surface area contributed by atoms with E-state index in [0.717, 1.165) is 0 Å². The summed E-state index contributed by atoms with van der Waals surface area (Å²) in [5, 5.41) is 22.3. The quantitative estimate of drug-likeness (QED) is 0.347. The molecule has 6 N–H and O–H groups in total. The maximum absolute atomic E-state index is 11.7. The van der Waals surface area contributed by atoms with Crippen LogP contribution in [0.5, 0.6) is 0 Å². The number of aliphatic hydroxyl groups excluding tert-OH is 1. The van der Waals surface area contributed by atoms with E-state index in [1.54, 1.807) is 13.8 Å². The molecule has 0 heterocycles. The zero-order valence-electron chi connectivity index (χ0n) is 10.3. The molecule has 2 amide bonds. The predicted molar refractivity (Wildman–Crippen MR) is 62.5 cm³/mol. The Morgan fingerprint density at radius 3 is 2.11 bits per heavy atom. The van der Waals surface area contributed by atoms with E-state index in [1.807, 2.05) is 0 Å². The second kappa shape index (κ2) is 7.62. The third-order valence-electron chi connectivity index (χ3n) is 2.25. The number of aliphatic carboxylic acids is 1. The summed E-state index contributed by atoms with van der Waals surface area (Å²) in [5.74, 6) is -2.88. The van der Waals surface area contributed by atoms with Crippen molar-refractivity contribution >= 4 is 17.8 Å². The third kappa shape index (κ3) is 5.11. The standard InChI is InChI=1S/C10H19N3O5/c1-5(2)8(10(17)18)13-9(16)6(4-14)12-7(15)3-11/h5-6,8,14H,3-4,11H2,1-2H3,(H,12,15)(H,13,16)(H,17,18)/t6-,8-/m0/s1. The molecule has 0 aliphatic rings. The number of aliphatic hydroxyl groups is 1. The smallest absolute Gasteiger partial charge is 0.326 e. The van der Waals surface area contributed by atoms with Gasteiger partial charge in [-0.05, 0) is 5.92 Å². The molecule has 0 unspecified atom stereocenters. The van der Waals surface area contributed by atoms with Gasteiger partial charge in [0.15, 0.2) is 0 Å². The summed E-state index contributed by atoms with van der Waals surface area (Å²) < 4.78 is 0. The highest BCUT2D eigenvalue weighted by molar-refractivity contribution is 5.90. The number of carboxylic acids is 1. The van der Waals surface area contributed by atoms with Gasteiger partial charge in [0, 0.05) is 0 Å². The van der Waals surface area contributed by atoms with E-state index in [-0.39, 0.29) is 12.5 Å². The maximum Gasteiger partial charge on any atom is 0.326 e. The second-order valence-electron chi connectivity index (χ2n) is 4.08. The average molecular weight is 261 g/mol. The molecule has 8 nitrogen and oxygen atoms in total. The molecule has 0 aromatic heterocycles. The molecule has 0 aliphatic carbocycles. The van der Waals surface area contributed by atoms with Gasteiger partial charge in [-0.1, -0.05) is 13.8 Å². The average Bonchev–Trinajstić information content (AvgIpc) is 2.31. The monoisotopic (exact) mass is 261 g/mol. The fraction of sp³-hybridized carbons (Fsp3) is 0.700. The van der Waals surface area contributed by atoms with Crippen molar-refractivity contribution in [1.29, 1.82) is 0 Å². The number of nitrogens with one attached hydrogen (secondary N) is 2. The van der Waals surface area contributed by atoms with Gasteiger partial charge < -0.3 is 26.6 Å². The summed E-state index contributed by atoms with van der Waals surface area (Å²) in [4.78, 5) is 33.5. The van der Waals surface area contributed by atoms with Gasteiger partial charge in [0.25, 0.3) is 0 Å². The SMILES string of the molecule is CC(C)[C@H](NC(=O)[C@H](CO)NC(=O)CN)C(=O)O. The Morgan fingerprint density at radius 1 is 1.22 bits per heavy atom. The molecule has 0 saturated carbocycles. The molecule has 8 heteroatoms. The number of carboxylic acid groups (broad SMARTS) is 1. The number of amides is 2. The maximum atomic E-state index is 11.7. The molecule has 0 rings (SSSR count). The molecule has 0 aromatic rings. The lowest BCUT2D eigenvalue weighted by molar-refractivity contribution is -0.143. The molecular formula is C10H19N3O5. The van der Waals surface area contributed by atoms with Gasteiger partial charge in [-0.25, -0.2) is 4.79 Å². The Balaban J connectivity index is 4.60. The molecular weight excluding hydrogens is 242 g/mol. The van der Waals surface area contributed by atoms with Gasteiger partial charge in [-0.2, -0.15) is 0 Å². The van der Waals surface area contributed by atoms with Gasteiger partial charge in [-0.15, -0.1) is 0 Å². The van der Waals surface area contributed by atoms with Crippen LogP contribution in [-0.4, -0.2) is 53.2 Å². The van der Waals surface area contributed by atoms with Gasteiger partial charge in [0.05, 0.1) is 13.2 Å². The van der Waals surface area contributed by atoms with E-state index in [0.29, 0.717) is 0 Å². The first-order valence-electron chi connectivity index (χ1n) is 5.46. The fourth-order valence-corrected chi connectivity index (χ4v) is 1.21. The fourth-order valence-electron chi connectivity index (χ4n) is 1.21. The van der Waals surface area contributed by atoms with Crippen molar-refractivity contribution in [3.63, 3.8) is 0 Å². The van der Waals surface area contributed by atoms with Crippen LogP contribution < -0.4 is 16.4 Å². The summed E-state index contributed by atoms with van der Waals surface area (Å²) >= 11 is 0. The topological polar surface area (TPSA) is 142 Å². The molecule has 0 radical (unpaired) electrons. The van der Waals surface area contributed by atoms with E-state index < -0.39 is 36.5 Å². The number of carbonyl (C=O) groups excluding carboxylic acids is 2. The van der Waals surface area contributed by atoms with Crippen LogP contribution in [0.25, 0.3) is 0 Å². The zero-order chi connectivity index (χ0) is 14.3. The Morgan fingerprint density at radius 2 is 1.78 bits per heavy atom. The van der Waals surface area contributed by atoms with Crippen LogP contribution in [-0.2, 0) is 14.4 Å². The molecule has 0 aliphatic heterocycles. The third-order valence-corrected chi connectivity index (χ3v) is 2.25. The highest BCUT2D eigenvalue weighted by atomic mass is 16.4. The summed E-state index contributed by atoms with van der Waals surface area (Å²) in [5.41, 5.74) is 5.05. The highest BCUT2D eigenvalue weighted by Gasteiger charge is 2.27. The van der Waals surface area contributed by atoms with Crippen molar-refractivity contribution in [3.05, 3.63) is 0 Å². The van der Waals surface area contributed by atoms with Crippen molar-refractivity contribution in [1.82, 2.24) is 10.6 Å². The number of nitrogens with two attached hydrogens (primary N) is 1. The molecule has 18 heavy (non-hydrogen) atoms. The molecule has 0 spiro atoms. The van der Waals surface area contributed by atoms with Crippen LogP contribution in [0.1, 0.15) is 13.8 Å². The van der Waals surface area contributed by atoms with Gasteiger partial charge >= 0.3 is 5.97 Å². The molecule has 0 saturated heterocycles. The van der Waals surface area contributed by atoms with Crippen molar-refractivity contribution in [3.8, 4) is 0 Å². The van der Waals surface area contributed by atoms with Gasteiger partial charge in [0.2, 0.25) is 11.8 Å². The van der Waals surface area contributed by atoms with Gasteiger partial charge in [0.1, 0.15) is 12.1 Å². The normalized spacial score (nSPS) is 13.8. The number of carbonyl (C=O) groups is 3. The first-order chi connectivity index (χ1) is 8.33. The highest BCUT2D eigenvalue weighted by Crippen LogP contribution is 2.02. The van der Waals surface area contributed by atoms with Crippen LogP contribution in [0, 0.1) is 5.92 Å².